The first kappa shape index (κ1) is 15.0. The molecule has 0 atom stereocenters. The molecule has 19 heavy (non-hydrogen) atoms. The second-order valence-electron chi connectivity index (χ2n) is 6.23. The van der Waals surface area contributed by atoms with Gasteiger partial charge >= 0.3 is 0 Å². The molecule has 0 amide bonds. The maximum Gasteiger partial charge on any atom is 0.142 e. The molecule has 0 radical (unpaired) electrons. The number of rotatable bonds is 5. The molecule has 1 saturated carbocycles. The van der Waals surface area contributed by atoms with E-state index < -0.39 is 0 Å². The fourth-order valence-electron chi connectivity index (χ4n) is 1.75. The number of halogens is 2. The van der Waals surface area contributed by atoms with Crippen molar-refractivity contribution < 1.29 is 4.74 Å². The summed E-state index contributed by atoms with van der Waals surface area (Å²) in [6.07, 6.45) is 2.53. The van der Waals surface area contributed by atoms with Crippen LogP contribution in [0.15, 0.2) is 12.1 Å². The predicted octanol–water partition coefficient (Wildman–Crippen LogP) is 4.67. The number of hydrogen-bond acceptors (Lipinski definition) is 2. The van der Waals surface area contributed by atoms with Crippen molar-refractivity contribution in [2.24, 2.45) is 5.92 Å². The van der Waals surface area contributed by atoms with E-state index in [9.17, 15) is 0 Å². The van der Waals surface area contributed by atoms with E-state index in [0.29, 0.717) is 22.5 Å². The summed E-state index contributed by atoms with van der Waals surface area (Å²) in [6, 6.07) is 3.67. The molecule has 0 saturated heterocycles. The molecule has 0 unspecified atom stereocenters. The quantitative estimate of drug-likeness (QED) is 0.853. The summed E-state index contributed by atoms with van der Waals surface area (Å²) in [4.78, 5) is 0. The van der Waals surface area contributed by atoms with E-state index in [1.54, 1.807) is 6.07 Å². The van der Waals surface area contributed by atoms with Gasteiger partial charge in [0, 0.05) is 22.7 Å². The summed E-state index contributed by atoms with van der Waals surface area (Å²) in [5.74, 6) is 1.48. The standard InChI is InChI=1S/C15H21Cl2NO/c1-15(2,3)18-8-11-6-12(16)7-13(17)14(11)19-9-10-4-5-10/h6-7,10,18H,4-5,8-9H2,1-3H3. The SMILES string of the molecule is CC(C)(C)NCc1cc(Cl)cc(Cl)c1OCC1CC1. The van der Waals surface area contributed by atoms with Gasteiger partial charge in [0.25, 0.3) is 0 Å². The normalized spacial score (nSPS) is 15.6. The van der Waals surface area contributed by atoms with Gasteiger partial charge in [-0.1, -0.05) is 23.2 Å². The van der Waals surface area contributed by atoms with Gasteiger partial charge in [0.2, 0.25) is 0 Å². The summed E-state index contributed by atoms with van der Waals surface area (Å²) in [5.41, 5.74) is 1.07. The minimum absolute atomic E-state index is 0.0442. The van der Waals surface area contributed by atoms with Gasteiger partial charge in [-0.3, -0.25) is 0 Å². The van der Waals surface area contributed by atoms with E-state index in [4.69, 9.17) is 27.9 Å². The van der Waals surface area contributed by atoms with Gasteiger partial charge in [0.05, 0.1) is 11.6 Å². The zero-order chi connectivity index (χ0) is 14.0. The van der Waals surface area contributed by atoms with Gasteiger partial charge in [-0.05, 0) is 51.7 Å². The Morgan fingerprint density at radius 1 is 1.26 bits per heavy atom. The Kier molecular flexibility index (Phi) is 4.65. The van der Waals surface area contributed by atoms with Crippen LogP contribution in [0.4, 0.5) is 0 Å². The number of benzene rings is 1. The molecule has 1 fully saturated rings. The van der Waals surface area contributed by atoms with Crippen LogP contribution in [-0.4, -0.2) is 12.1 Å². The zero-order valence-corrected chi connectivity index (χ0v) is 13.2. The van der Waals surface area contributed by atoms with Gasteiger partial charge in [-0.15, -0.1) is 0 Å². The summed E-state index contributed by atoms with van der Waals surface area (Å²) in [7, 11) is 0. The monoisotopic (exact) mass is 301 g/mol. The molecule has 2 nitrogen and oxygen atoms in total. The van der Waals surface area contributed by atoms with Crippen LogP contribution in [-0.2, 0) is 6.54 Å². The second-order valence-corrected chi connectivity index (χ2v) is 7.08. The largest absolute Gasteiger partial charge is 0.491 e. The summed E-state index contributed by atoms with van der Waals surface area (Å²) >= 11 is 12.3. The fraction of sp³-hybridized carbons (Fsp3) is 0.600. The highest BCUT2D eigenvalue weighted by atomic mass is 35.5. The molecule has 106 valence electrons. The van der Waals surface area contributed by atoms with Crippen molar-refractivity contribution in [2.45, 2.75) is 45.7 Å². The van der Waals surface area contributed by atoms with Crippen LogP contribution in [0, 0.1) is 5.92 Å². The molecular formula is C15H21Cl2NO. The smallest absolute Gasteiger partial charge is 0.142 e. The summed E-state index contributed by atoms with van der Waals surface area (Å²) in [5, 5.41) is 4.68. The molecule has 0 bridgehead atoms. The first-order valence-electron chi connectivity index (χ1n) is 6.71. The highest BCUT2D eigenvalue weighted by Gasteiger charge is 2.23. The molecule has 0 aliphatic heterocycles. The van der Waals surface area contributed by atoms with Gasteiger partial charge in [-0.25, -0.2) is 0 Å². The Bertz CT molecular complexity index is 450. The minimum Gasteiger partial charge on any atom is -0.491 e. The molecule has 4 heteroatoms. The molecule has 0 spiro atoms. The van der Waals surface area contributed by atoms with Crippen molar-refractivity contribution >= 4 is 23.2 Å². The van der Waals surface area contributed by atoms with Gasteiger partial charge in [-0.2, -0.15) is 0 Å². The maximum atomic E-state index is 6.25. The molecule has 1 N–H and O–H groups in total. The Morgan fingerprint density at radius 2 is 1.95 bits per heavy atom. The minimum atomic E-state index is 0.0442. The van der Waals surface area contributed by atoms with E-state index in [1.807, 2.05) is 6.07 Å². The Morgan fingerprint density at radius 3 is 2.53 bits per heavy atom. The third kappa shape index (κ3) is 4.87. The van der Waals surface area contributed by atoms with Crippen LogP contribution < -0.4 is 10.1 Å². The summed E-state index contributed by atoms with van der Waals surface area (Å²) < 4.78 is 5.88. The van der Waals surface area contributed by atoms with Crippen molar-refractivity contribution in [3.63, 3.8) is 0 Å². The third-order valence-corrected chi connectivity index (χ3v) is 3.55. The fourth-order valence-corrected chi connectivity index (χ4v) is 2.34. The Hall–Kier alpha value is -0.440. The van der Waals surface area contributed by atoms with E-state index in [0.717, 1.165) is 17.9 Å². The van der Waals surface area contributed by atoms with E-state index >= 15 is 0 Å². The van der Waals surface area contributed by atoms with Crippen LogP contribution in [0.2, 0.25) is 10.0 Å². The van der Waals surface area contributed by atoms with Crippen LogP contribution in [0.5, 0.6) is 5.75 Å². The van der Waals surface area contributed by atoms with Crippen molar-refractivity contribution in [3.05, 3.63) is 27.7 Å². The highest BCUT2D eigenvalue weighted by Crippen LogP contribution is 2.35. The van der Waals surface area contributed by atoms with Crippen molar-refractivity contribution in [2.75, 3.05) is 6.61 Å². The van der Waals surface area contributed by atoms with Crippen molar-refractivity contribution in [1.29, 1.82) is 0 Å². The number of nitrogens with one attached hydrogen (secondary N) is 1. The van der Waals surface area contributed by atoms with Crippen molar-refractivity contribution in [1.82, 2.24) is 5.32 Å². The van der Waals surface area contributed by atoms with E-state index in [1.165, 1.54) is 12.8 Å². The van der Waals surface area contributed by atoms with Crippen LogP contribution >= 0.6 is 23.2 Å². The van der Waals surface area contributed by atoms with Gasteiger partial charge in [0.15, 0.2) is 0 Å². The number of ether oxygens (including phenoxy) is 1. The van der Waals surface area contributed by atoms with Crippen LogP contribution in [0.3, 0.4) is 0 Å². The van der Waals surface area contributed by atoms with Crippen LogP contribution in [0.1, 0.15) is 39.2 Å². The van der Waals surface area contributed by atoms with Crippen LogP contribution in [0.25, 0.3) is 0 Å². The topological polar surface area (TPSA) is 21.3 Å². The zero-order valence-electron chi connectivity index (χ0n) is 11.7. The molecule has 0 aromatic heterocycles. The Labute approximate surface area is 125 Å². The van der Waals surface area contributed by atoms with E-state index in [2.05, 4.69) is 26.1 Å². The molecule has 1 aromatic rings. The molecule has 1 aliphatic carbocycles. The first-order valence-corrected chi connectivity index (χ1v) is 7.46. The van der Waals surface area contributed by atoms with Gasteiger partial charge in [0.1, 0.15) is 5.75 Å². The predicted molar refractivity (Wildman–Crippen MR) is 81.3 cm³/mol. The molecular weight excluding hydrogens is 281 g/mol. The van der Waals surface area contributed by atoms with Crippen molar-refractivity contribution in [3.8, 4) is 5.75 Å². The molecule has 2 rings (SSSR count). The van der Waals surface area contributed by atoms with E-state index in [-0.39, 0.29) is 5.54 Å². The number of hydrogen-bond donors (Lipinski definition) is 1. The molecule has 1 aromatic carbocycles. The first-order chi connectivity index (χ1) is 8.85. The average Bonchev–Trinajstić information content (AvgIpc) is 3.07. The third-order valence-electron chi connectivity index (χ3n) is 3.05. The maximum absolute atomic E-state index is 6.25. The van der Waals surface area contributed by atoms with Gasteiger partial charge < -0.3 is 10.1 Å². The lowest BCUT2D eigenvalue weighted by molar-refractivity contribution is 0.294. The lowest BCUT2D eigenvalue weighted by atomic mass is 10.1. The lowest BCUT2D eigenvalue weighted by Crippen LogP contribution is -2.35. The highest BCUT2D eigenvalue weighted by molar-refractivity contribution is 6.35. The summed E-state index contributed by atoms with van der Waals surface area (Å²) in [6.45, 7) is 7.84. The lowest BCUT2D eigenvalue weighted by Gasteiger charge is -2.22. The average molecular weight is 302 g/mol. The second kappa shape index (κ2) is 5.90. The molecule has 0 heterocycles. The Balaban J connectivity index is 2.12. The molecule has 1 aliphatic rings.